The van der Waals surface area contributed by atoms with Crippen LogP contribution in [0.15, 0.2) is 9.98 Å². The van der Waals surface area contributed by atoms with Crippen molar-refractivity contribution in [1.29, 1.82) is 0 Å². The minimum absolute atomic E-state index is 0.0181. The Morgan fingerprint density at radius 3 is 2.38 bits per heavy atom. The Bertz CT molecular complexity index is 625. The van der Waals surface area contributed by atoms with E-state index in [0.29, 0.717) is 6.42 Å². The first-order valence-electron chi connectivity index (χ1n) is 8.00. The standard InChI is InChI=1S/C14H23N4O5P/c1-5-8-9-18-12(19)14(24(21,22-6-2)23-7-3)11(15-10-16-14)17(4)13(18)20/h10H,5-9H2,1-4H3. The predicted octanol–water partition coefficient (Wildman–Crippen LogP) is 2.08. The van der Waals surface area contributed by atoms with Gasteiger partial charge in [-0.25, -0.2) is 14.8 Å². The SMILES string of the molecule is CCCCN1C(=O)N(C)C2=NC=NC2(P(=O)(OCC)OCC)C1=O. The zero-order chi connectivity index (χ0) is 18.0. The van der Waals surface area contributed by atoms with Gasteiger partial charge in [0.05, 0.1) is 13.2 Å². The zero-order valence-corrected chi connectivity index (χ0v) is 15.3. The molecule has 0 aromatic carbocycles. The van der Waals surface area contributed by atoms with E-state index < -0.39 is 24.8 Å². The molecular weight excluding hydrogens is 335 g/mol. The third-order valence-corrected chi connectivity index (χ3v) is 6.34. The lowest BCUT2D eigenvalue weighted by Gasteiger charge is -2.43. The van der Waals surface area contributed by atoms with Gasteiger partial charge >= 0.3 is 13.6 Å². The molecule has 0 spiro atoms. The summed E-state index contributed by atoms with van der Waals surface area (Å²) < 4.78 is 24.2. The molecule has 2 heterocycles. The summed E-state index contributed by atoms with van der Waals surface area (Å²) in [6.07, 6.45) is 2.56. The number of hydrogen-bond acceptors (Lipinski definition) is 7. The van der Waals surface area contributed by atoms with Crippen molar-refractivity contribution in [1.82, 2.24) is 9.80 Å². The van der Waals surface area contributed by atoms with Crippen molar-refractivity contribution >= 4 is 31.7 Å². The second kappa shape index (κ2) is 7.13. The average Bonchev–Trinajstić information content (AvgIpc) is 3.00. The number of amides is 3. The molecule has 1 unspecified atom stereocenters. The summed E-state index contributed by atoms with van der Waals surface area (Å²) in [7, 11) is -2.55. The topological polar surface area (TPSA) is 101 Å². The third-order valence-electron chi connectivity index (χ3n) is 3.85. The fourth-order valence-corrected chi connectivity index (χ4v) is 4.85. The first-order chi connectivity index (χ1) is 11.4. The molecule has 24 heavy (non-hydrogen) atoms. The fraction of sp³-hybridized carbons (Fsp3) is 0.714. The first kappa shape index (κ1) is 18.8. The van der Waals surface area contributed by atoms with Crippen LogP contribution in [0.2, 0.25) is 0 Å². The number of carbonyl (C=O) groups excluding carboxylic acids is 2. The van der Waals surface area contributed by atoms with Gasteiger partial charge in [0, 0.05) is 13.6 Å². The lowest BCUT2D eigenvalue weighted by Crippen LogP contribution is -2.66. The van der Waals surface area contributed by atoms with Gasteiger partial charge in [-0.15, -0.1) is 0 Å². The van der Waals surface area contributed by atoms with E-state index in [1.807, 2.05) is 6.92 Å². The molecule has 0 saturated carbocycles. The average molecular weight is 358 g/mol. The summed E-state index contributed by atoms with van der Waals surface area (Å²) in [6, 6.07) is -0.520. The van der Waals surface area contributed by atoms with E-state index in [0.717, 1.165) is 17.7 Å². The highest BCUT2D eigenvalue weighted by atomic mass is 31.2. The summed E-state index contributed by atoms with van der Waals surface area (Å²) >= 11 is 0. The molecule has 3 amide bonds. The third kappa shape index (κ3) is 2.60. The molecular formula is C14H23N4O5P. The molecule has 0 aliphatic carbocycles. The summed E-state index contributed by atoms with van der Waals surface area (Å²) in [5.74, 6) is -0.729. The minimum atomic E-state index is -4.02. The van der Waals surface area contributed by atoms with Gasteiger partial charge in [0.15, 0.2) is 5.84 Å². The van der Waals surface area contributed by atoms with E-state index in [-0.39, 0.29) is 25.6 Å². The summed E-state index contributed by atoms with van der Waals surface area (Å²) in [6.45, 7) is 5.60. The maximum absolute atomic E-state index is 13.4. The van der Waals surface area contributed by atoms with Crippen LogP contribution in [-0.4, -0.2) is 66.0 Å². The van der Waals surface area contributed by atoms with Crippen LogP contribution in [-0.2, 0) is 18.4 Å². The lowest BCUT2D eigenvalue weighted by molar-refractivity contribution is -0.131. The van der Waals surface area contributed by atoms with E-state index >= 15 is 0 Å². The highest BCUT2D eigenvalue weighted by molar-refractivity contribution is 7.58. The van der Waals surface area contributed by atoms with E-state index in [1.165, 1.54) is 11.9 Å². The highest BCUT2D eigenvalue weighted by Crippen LogP contribution is 2.63. The number of imide groups is 1. The summed E-state index contributed by atoms with van der Waals surface area (Å²) in [4.78, 5) is 36.0. The molecule has 0 radical (unpaired) electrons. The number of nitrogens with zero attached hydrogens (tertiary/aromatic N) is 4. The van der Waals surface area contributed by atoms with Crippen LogP contribution >= 0.6 is 7.60 Å². The highest BCUT2D eigenvalue weighted by Gasteiger charge is 2.68. The van der Waals surface area contributed by atoms with Crippen molar-refractivity contribution in [3.8, 4) is 0 Å². The Kier molecular flexibility index (Phi) is 5.57. The van der Waals surface area contributed by atoms with Crippen molar-refractivity contribution in [2.75, 3.05) is 26.8 Å². The van der Waals surface area contributed by atoms with Gasteiger partial charge in [0.25, 0.3) is 11.2 Å². The Morgan fingerprint density at radius 1 is 1.21 bits per heavy atom. The van der Waals surface area contributed by atoms with Crippen molar-refractivity contribution in [3.05, 3.63) is 0 Å². The maximum Gasteiger partial charge on any atom is 0.375 e. The molecule has 0 N–H and O–H groups in total. The van der Waals surface area contributed by atoms with E-state index in [4.69, 9.17) is 9.05 Å². The molecule has 2 aliphatic rings. The Morgan fingerprint density at radius 2 is 1.83 bits per heavy atom. The van der Waals surface area contributed by atoms with Crippen LogP contribution in [0.25, 0.3) is 0 Å². The Balaban J connectivity index is 2.57. The number of rotatable bonds is 8. The summed E-state index contributed by atoms with van der Waals surface area (Å²) in [5.41, 5.74) is 0. The van der Waals surface area contributed by atoms with Crippen LogP contribution in [0.4, 0.5) is 4.79 Å². The fourth-order valence-electron chi connectivity index (χ4n) is 2.72. The van der Waals surface area contributed by atoms with E-state index in [9.17, 15) is 14.2 Å². The Labute approximate surface area is 141 Å². The van der Waals surface area contributed by atoms with Gasteiger partial charge in [0.1, 0.15) is 6.34 Å². The zero-order valence-electron chi connectivity index (χ0n) is 14.4. The predicted molar refractivity (Wildman–Crippen MR) is 89.3 cm³/mol. The number of likely N-dealkylation sites (N-methyl/N-ethyl adjacent to an activating group) is 1. The second-order valence-electron chi connectivity index (χ2n) is 5.35. The molecule has 0 bridgehead atoms. The largest absolute Gasteiger partial charge is 0.375 e. The van der Waals surface area contributed by atoms with Gasteiger partial charge in [-0.1, -0.05) is 13.3 Å². The van der Waals surface area contributed by atoms with Gasteiger partial charge < -0.3 is 9.05 Å². The molecule has 9 nitrogen and oxygen atoms in total. The van der Waals surface area contributed by atoms with Gasteiger partial charge in [-0.3, -0.25) is 19.2 Å². The monoisotopic (exact) mass is 358 g/mol. The van der Waals surface area contributed by atoms with Crippen molar-refractivity contribution in [3.63, 3.8) is 0 Å². The number of fused-ring (bicyclic) bond motifs is 1. The van der Waals surface area contributed by atoms with Crippen molar-refractivity contribution < 1.29 is 23.2 Å². The molecule has 10 heteroatoms. The maximum atomic E-state index is 13.4. The van der Waals surface area contributed by atoms with Gasteiger partial charge in [-0.2, -0.15) is 0 Å². The van der Waals surface area contributed by atoms with Crippen molar-refractivity contribution in [2.45, 2.75) is 38.9 Å². The normalized spacial score (nSPS) is 23.8. The number of aliphatic imine (C=N–C) groups is 2. The molecule has 1 atom stereocenters. The molecule has 0 aromatic heterocycles. The first-order valence-corrected chi connectivity index (χ1v) is 9.54. The Hall–Kier alpha value is -1.57. The van der Waals surface area contributed by atoms with Crippen LogP contribution in [0.3, 0.4) is 0 Å². The number of hydrogen-bond donors (Lipinski definition) is 0. The molecule has 0 aromatic rings. The number of carbonyl (C=O) groups is 2. The lowest BCUT2D eigenvalue weighted by atomic mass is 10.1. The van der Waals surface area contributed by atoms with Crippen LogP contribution in [0.5, 0.6) is 0 Å². The number of amidine groups is 1. The van der Waals surface area contributed by atoms with E-state index in [1.54, 1.807) is 13.8 Å². The molecule has 2 aliphatic heterocycles. The molecule has 134 valence electrons. The van der Waals surface area contributed by atoms with Gasteiger partial charge in [-0.05, 0) is 20.3 Å². The van der Waals surface area contributed by atoms with Crippen molar-refractivity contribution in [2.24, 2.45) is 9.98 Å². The number of unbranched alkanes of at least 4 members (excludes halogenated alkanes) is 1. The molecule has 1 saturated heterocycles. The summed E-state index contributed by atoms with van der Waals surface area (Å²) in [5, 5.41) is -1.95. The minimum Gasteiger partial charge on any atom is -0.306 e. The van der Waals surface area contributed by atoms with Crippen LogP contribution in [0.1, 0.15) is 33.6 Å². The quantitative estimate of drug-likeness (QED) is 0.618. The van der Waals surface area contributed by atoms with Crippen LogP contribution in [0, 0.1) is 0 Å². The molecule has 1 fully saturated rings. The molecule has 2 rings (SSSR count). The van der Waals surface area contributed by atoms with E-state index in [2.05, 4.69) is 9.98 Å². The second-order valence-corrected chi connectivity index (χ2v) is 7.51. The number of urea groups is 1. The van der Waals surface area contributed by atoms with Crippen LogP contribution < -0.4 is 0 Å². The smallest absolute Gasteiger partial charge is 0.306 e. The van der Waals surface area contributed by atoms with Gasteiger partial charge in [0.2, 0.25) is 0 Å².